The van der Waals surface area contributed by atoms with Gasteiger partial charge in [-0.1, -0.05) is 17.7 Å². The number of carbonyl (C=O) groups is 3. The molecule has 2 amide bonds. The van der Waals surface area contributed by atoms with Crippen molar-refractivity contribution in [1.82, 2.24) is 4.90 Å². The Balaban J connectivity index is 1.67. The van der Waals surface area contributed by atoms with Gasteiger partial charge in [0.15, 0.2) is 6.61 Å². The highest BCUT2D eigenvalue weighted by Crippen LogP contribution is 2.24. The van der Waals surface area contributed by atoms with Crippen LogP contribution in [-0.2, 0) is 9.53 Å². The molecule has 0 saturated carbocycles. The number of ether oxygens (including phenoxy) is 1. The largest absolute Gasteiger partial charge is 0.452 e. The van der Waals surface area contributed by atoms with E-state index in [-0.39, 0.29) is 35.7 Å². The van der Waals surface area contributed by atoms with E-state index in [0.717, 1.165) is 19.3 Å². The summed E-state index contributed by atoms with van der Waals surface area (Å²) >= 11 is 7.30. The monoisotopic (exact) mass is 420 g/mol. The van der Waals surface area contributed by atoms with Gasteiger partial charge in [0.25, 0.3) is 11.8 Å². The summed E-state index contributed by atoms with van der Waals surface area (Å²) in [6, 6.07) is 8.09. The minimum Gasteiger partial charge on any atom is -0.452 e. The van der Waals surface area contributed by atoms with E-state index in [2.05, 4.69) is 5.32 Å². The molecule has 0 unspecified atom stereocenters. The standard InChI is InChI=1S/C20H21ClN2O4S/c1-13-5-2-3-9-23(13)18(24)12-27-20(26)15-8-7-14(21)11-16(15)22-19(25)17-6-4-10-28-17/h4,6-8,10-11,13H,2-3,5,9,12H2,1H3,(H,22,25)/t13-/m1/s1. The lowest BCUT2D eigenvalue weighted by Gasteiger charge is -2.33. The second-order valence-electron chi connectivity index (χ2n) is 6.63. The molecule has 6 nitrogen and oxygen atoms in total. The molecule has 1 atom stereocenters. The quantitative estimate of drug-likeness (QED) is 0.735. The number of amides is 2. The van der Waals surface area contributed by atoms with Crippen molar-refractivity contribution in [2.75, 3.05) is 18.5 Å². The Bertz CT molecular complexity index is 869. The lowest BCUT2D eigenvalue weighted by Crippen LogP contribution is -2.44. The molecule has 148 valence electrons. The second kappa shape index (κ2) is 9.21. The van der Waals surface area contributed by atoms with Gasteiger partial charge >= 0.3 is 5.97 Å². The topological polar surface area (TPSA) is 75.7 Å². The number of nitrogens with zero attached hydrogens (tertiary/aromatic N) is 1. The number of likely N-dealkylation sites (tertiary alicyclic amines) is 1. The van der Waals surface area contributed by atoms with E-state index in [1.807, 2.05) is 6.92 Å². The van der Waals surface area contributed by atoms with Gasteiger partial charge in [-0.2, -0.15) is 0 Å². The number of nitrogens with one attached hydrogen (secondary N) is 1. The van der Waals surface area contributed by atoms with Crippen LogP contribution in [0.4, 0.5) is 5.69 Å². The zero-order valence-electron chi connectivity index (χ0n) is 15.4. The molecule has 1 aromatic heterocycles. The first-order valence-electron chi connectivity index (χ1n) is 9.06. The van der Waals surface area contributed by atoms with Gasteiger partial charge in [-0.15, -0.1) is 11.3 Å². The summed E-state index contributed by atoms with van der Waals surface area (Å²) in [6.07, 6.45) is 3.01. The molecule has 0 radical (unpaired) electrons. The second-order valence-corrected chi connectivity index (χ2v) is 8.01. The van der Waals surface area contributed by atoms with E-state index in [0.29, 0.717) is 16.4 Å². The van der Waals surface area contributed by atoms with Gasteiger partial charge in [0, 0.05) is 17.6 Å². The van der Waals surface area contributed by atoms with E-state index in [9.17, 15) is 14.4 Å². The maximum atomic E-state index is 12.5. The minimum atomic E-state index is -0.684. The lowest BCUT2D eigenvalue weighted by atomic mass is 10.0. The van der Waals surface area contributed by atoms with Crippen molar-refractivity contribution in [3.05, 3.63) is 51.2 Å². The normalized spacial score (nSPS) is 16.5. The molecule has 3 rings (SSSR count). The molecule has 1 N–H and O–H groups in total. The zero-order chi connectivity index (χ0) is 20.1. The van der Waals surface area contributed by atoms with Crippen molar-refractivity contribution in [1.29, 1.82) is 0 Å². The highest BCUT2D eigenvalue weighted by molar-refractivity contribution is 7.12. The molecule has 1 saturated heterocycles. The number of rotatable bonds is 5. The predicted octanol–water partition coefficient (Wildman–Crippen LogP) is 4.21. The average Bonchev–Trinajstić information content (AvgIpc) is 3.21. The number of anilines is 1. The van der Waals surface area contributed by atoms with Crippen LogP contribution in [0, 0.1) is 0 Å². The first kappa shape index (κ1) is 20.4. The third-order valence-corrected chi connectivity index (χ3v) is 5.75. The molecule has 1 aliphatic heterocycles. The van der Waals surface area contributed by atoms with E-state index in [1.54, 1.807) is 22.4 Å². The first-order chi connectivity index (χ1) is 13.5. The Hall–Kier alpha value is -2.38. The Morgan fingerprint density at radius 3 is 2.82 bits per heavy atom. The maximum absolute atomic E-state index is 12.5. The number of hydrogen-bond donors (Lipinski definition) is 1. The molecule has 1 aromatic carbocycles. The predicted molar refractivity (Wildman–Crippen MR) is 109 cm³/mol. The van der Waals surface area contributed by atoms with Gasteiger partial charge in [-0.25, -0.2) is 4.79 Å². The van der Waals surface area contributed by atoms with Gasteiger partial charge in [0.1, 0.15) is 0 Å². The molecular formula is C20H21ClN2O4S. The van der Waals surface area contributed by atoms with Gasteiger partial charge in [0.2, 0.25) is 0 Å². The Kier molecular flexibility index (Phi) is 6.70. The molecule has 2 heterocycles. The molecule has 0 bridgehead atoms. The molecule has 0 spiro atoms. The van der Waals surface area contributed by atoms with Crippen LogP contribution in [0.25, 0.3) is 0 Å². The van der Waals surface area contributed by atoms with Crippen LogP contribution < -0.4 is 5.32 Å². The highest BCUT2D eigenvalue weighted by atomic mass is 35.5. The molecule has 2 aromatic rings. The summed E-state index contributed by atoms with van der Waals surface area (Å²) < 4.78 is 5.22. The van der Waals surface area contributed by atoms with Crippen molar-refractivity contribution in [3.63, 3.8) is 0 Å². The van der Waals surface area contributed by atoms with Gasteiger partial charge in [0.05, 0.1) is 16.1 Å². The van der Waals surface area contributed by atoms with Crippen LogP contribution in [0.3, 0.4) is 0 Å². The van der Waals surface area contributed by atoms with Crippen molar-refractivity contribution >= 4 is 46.4 Å². The van der Waals surface area contributed by atoms with E-state index in [4.69, 9.17) is 16.3 Å². The van der Waals surface area contributed by atoms with Gasteiger partial charge in [-0.3, -0.25) is 9.59 Å². The zero-order valence-corrected chi connectivity index (χ0v) is 17.0. The SMILES string of the molecule is C[C@@H]1CCCCN1C(=O)COC(=O)c1ccc(Cl)cc1NC(=O)c1cccs1. The molecule has 0 aliphatic carbocycles. The molecule has 28 heavy (non-hydrogen) atoms. The summed E-state index contributed by atoms with van der Waals surface area (Å²) in [7, 11) is 0. The van der Waals surface area contributed by atoms with Crippen LogP contribution in [0.1, 0.15) is 46.2 Å². The number of hydrogen-bond acceptors (Lipinski definition) is 5. The Morgan fingerprint density at radius 1 is 1.29 bits per heavy atom. The highest BCUT2D eigenvalue weighted by Gasteiger charge is 2.25. The molecular weight excluding hydrogens is 400 g/mol. The summed E-state index contributed by atoms with van der Waals surface area (Å²) in [5, 5.41) is 4.84. The lowest BCUT2D eigenvalue weighted by molar-refractivity contribution is -0.137. The van der Waals surface area contributed by atoms with Crippen molar-refractivity contribution in [2.45, 2.75) is 32.2 Å². The number of benzene rings is 1. The Labute approximate surface area is 172 Å². The fraction of sp³-hybridized carbons (Fsp3) is 0.350. The molecule has 1 fully saturated rings. The number of piperidine rings is 1. The van der Waals surface area contributed by atoms with Crippen LogP contribution in [0.15, 0.2) is 35.7 Å². The average molecular weight is 421 g/mol. The van der Waals surface area contributed by atoms with E-state index in [1.165, 1.54) is 29.5 Å². The summed E-state index contributed by atoms with van der Waals surface area (Å²) in [6.45, 7) is 2.35. The maximum Gasteiger partial charge on any atom is 0.340 e. The van der Waals surface area contributed by atoms with E-state index < -0.39 is 5.97 Å². The fourth-order valence-corrected chi connectivity index (χ4v) is 3.94. The van der Waals surface area contributed by atoms with Gasteiger partial charge < -0.3 is 15.0 Å². The summed E-state index contributed by atoms with van der Waals surface area (Å²) in [4.78, 5) is 39.5. The summed E-state index contributed by atoms with van der Waals surface area (Å²) in [5.74, 6) is -1.24. The minimum absolute atomic E-state index is 0.147. The van der Waals surface area contributed by atoms with Crippen LogP contribution in [0.2, 0.25) is 5.02 Å². The van der Waals surface area contributed by atoms with Crippen molar-refractivity contribution in [2.24, 2.45) is 0 Å². The smallest absolute Gasteiger partial charge is 0.340 e. The van der Waals surface area contributed by atoms with Crippen LogP contribution >= 0.6 is 22.9 Å². The van der Waals surface area contributed by atoms with Gasteiger partial charge in [-0.05, 0) is 55.8 Å². The fourth-order valence-electron chi connectivity index (χ4n) is 3.15. The number of esters is 1. The van der Waals surface area contributed by atoms with Crippen LogP contribution in [0.5, 0.6) is 0 Å². The third kappa shape index (κ3) is 4.91. The molecule has 8 heteroatoms. The van der Waals surface area contributed by atoms with Crippen molar-refractivity contribution in [3.8, 4) is 0 Å². The summed E-state index contributed by atoms with van der Waals surface area (Å²) in [5.41, 5.74) is 0.392. The van der Waals surface area contributed by atoms with E-state index >= 15 is 0 Å². The number of thiophene rings is 1. The number of carbonyl (C=O) groups excluding carboxylic acids is 3. The first-order valence-corrected chi connectivity index (χ1v) is 10.3. The van der Waals surface area contributed by atoms with Crippen molar-refractivity contribution < 1.29 is 19.1 Å². The molecule has 1 aliphatic rings. The number of halogens is 1. The third-order valence-electron chi connectivity index (χ3n) is 4.64. The van der Waals surface area contributed by atoms with Crippen LogP contribution in [-0.4, -0.2) is 41.9 Å². The Morgan fingerprint density at radius 2 is 2.11 bits per heavy atom.